The highest BCUT2D eigenvalue weighted by Gasteiger charge is 2.39. The highest BCUT2D eigenvalue weighted by molar-refractivity contribution is 5.99. The van der Waals surface area contributed by atoms with Crippen molar-refractivity contribution in [3.63, 3.8) is 0 Å². The van der Waals surface area contributed by atoms with Gasteiger partial charge in [0.2, 0.25) is 41.4 Å². The molecule has 12 atom stereocenters. The minimum atomic E-state index is -1.83. The number of hydrogen-bond donors (Lipinski definition) is 14. The van der Waals surface area contributed by atoms with Crippen LogP contribution in [0.1, 0.15) is 208 Å². The van der Waals surface area contributed by atoms with Gasteiger partial charge in [-0.2, -0.15) is 0 Å². The van der Waals surface area contributed by atoms with Crippen LogP contribution in [0.15, 0.2) is 30.3 Å². The van der Waals surface area contributed by atoms with Crippen molar-refractivity contribution in [2.24, 2.45) is 29.6 Å². The van der Waals surface area contributed by atoms with Crippen molar-refractivity contribution in [2.75, 3.05) is 39.3 Å². The molecule has 1 aromatic carbocycles. The standard InChI is InChI=1S/C76H126N12O22/c1-43(2)38-54-64(98)84-52(30-36-81-70(104)109-75(15,16)17)58(93)41-49(28-34-79-68(102)107-73(9,10)11)61(95)88-59(46(5)90)66(100)77-33-27-48(60(94)85-53(31-37-82-71(105)110-76(18,19)20)63(97)87-55(65(99)86-54)39-47-24-22-21-23-25-47)40-57(92)51(29-35-80-69(103)108-74(12,13)14)83-62(96)50(45(4)89)42-56(91)44(3)26-32-78-67(101)106-72(6,7)8/h21-25,43-46,48-55,59,89-90H,26-42H2,1-20H3,(H,77,100)(H,78,101)(H,79,102)(H,80,103)(H,81,104)(H,82,105)(H,83,96)(H,84,98)(H,85,94)(H,86,99)(H,87,97)(H,88,95)/t44-,45?,46?,48+,49+,50-,51-,52-,53-,54-,55+,59-/m0/s1. The van der Waals surface area contributed by atoms with Gasteiger partial charge in [-0.1, -0.05) is 51.1 Å². The van der Waals surface area contributed by atoms with Gasteiger partial charge >= 0.3 is 30.5 Å². The molecule has 1 aliphatic rings. The summed E-state index contributed by atoms with van der Waals surface area (Å²) >= 11 is 0. The molecule has 1 aromatic rings. The van der Waals surface area contributed by atoms with E-state index in [0.29, 0.717) is 5.56 Å². The van der Waals surface area contributed by atoms with E-state index in [-0.39, 0.29) is 70.7 Å². The molecule has 12 amide bonds. The Labute approximate surface area is 646 Å². The molecule has 2 rings (SSSR count). The first-order valence-corrected chi connectivity index (χ1v) is 37.6. The quantitative estimate of drug-likeness (QED) is 0.0494. The Hall–Kier alpha value is -9.21. The Morgan fingerprint density at radius 3 is 1.35 bits per heavy atom. The molecule has 0 spiro atoms. The molecule has 1 fully saturated rings. The topological polar surface area (TPSA) is 487 Å². The van der Waals surface area contributed by atoms with Crippen LogP contribution < -0.4 is 63.8 Å². The van der Waals surface area contributed by atoms with Crippen molar-refractivity contribution in [3.05, 3.63) is 35.9 Å². The summed E-state index contributed by atoms with van der Waals surface area (Å²) in [6.45, 7) is 29.9. The largest absolute Gasteiger partial charge is 0.444 e. The lowest BCUT2D eigenvalue weighted by Crippen LogP contribution is -2.59. The van der Waals surface area contributed by atoms with Gasteiger partial charge in [-0.25, -0.2) is 24.0 Å². The zero-order chi connectivity index (χ0) is 83.8. The van der Waals surface area contributed by atoms with Crippen LogP contribution >= 0.6 is 0 Å². The minimum Gasteiger partial charge on any atom is -0.444 e. The first-order chi connectivity index (χ1) is 50.7. The number of aliphatic hydroxyl groups excluding tert-OH is 2. The molecule has 110 heavy (non-hydrogen) atoms. The summed E-state index contributed by atoms with van der Waals surface area (Å²) in [4.78, 5) is 212. The average molecular weight is 1560 g/mol. The normalized spacial score (nSPS) is 20.6. The van der Waals surface area contributed by atoms with Crippen LogP contribution in [0.25, 0.3) is 0 Å². The fourth-order valence-electron chi connectivity index (χ4n) is 10.9. The second kappa shape index (κ2) is 45.2. The molecule has 0 aliphatic carbocycles. The number of alkyl carbamates (subject to hydrolysis) is 5. The summed E-state index contributed by atoms with van der Waals surface area (Å²) in [7, 11) is 0. The van der Waals surface area contributed by atoms with Crippen molar-refractivity contribution in [1.29, 1.82) is 0 Å². The van der Waals surface area contributed by atoms with E-state index in [0.717, 1.165) is 6.92 Å². The lowest BCUT2D eigenvalue weighted by Gasteiger charge is -2.28. The molecule has 0 saturated carbocycles. The number of nitrogens with one attached hydrogen (secondary N) is 12. The molecular formula is C76H126N12O22. The fourth-order valence-corrected chi connectivity index (χ4v) is 10.9. The van der Waals surface area contributed by atoms with E-state index >= 15 is 19.2 Å². The smallest absolute Gasteiger partial charge is 0.407 e. The van der Waals surface area contributed by atoms with Gasteiger partial charge in [0, 0.05) is 82.7 Å². The molecule has 622 valence electrons. The molecule has 2 unspecified atom stereocenters. The molecule has 1 heterocycles. The lowest BCUT2D eigenvalue weighted by molar-refractivity contribution is -0.137. The predicted octanol–water partition coefficient (Wildman–Crippen LogP) is 4.40. The van der Waals surface area contributed by atoms with E-state index in [1.165, 1.54) is 6.92 Å². The lowest BCUT2D eigenvalue weighted by atomic mass is 9.89. The third-order valence-electron chi connectivity index (χ3n) is 16.4. The second-order valence-electron chi connectivity index (χ2n) is 33.2. The average Bonchev–Trinajstić information content (AvgIpc) is 0.958. The Bertz CT molecular complexity index is 3260. The van der Waals surface area contributed by atoms with Gasteiger partial charge in [0.1, 0.15) is 58.0 Å². The summed E-state index contributed by atoms with van der Waals surface area (Å²) in [6, 6.07) is -1.42. The van der Waals surface area contributed by atoms with Gasteiger partial charge < -0.3 is 97.7 Å². The van der Waals surface area contributed by atoms with Gasteiger partial charge in [-0.3, -0.25) is 47.9 Å². The SMILES string of the molecule is CC(C)C[C@@H]1NC(=O)[C@@H](Cc2ccccc2)NC(=O)[C@H](CCNC(=O)OC(C)(C)C)NC(=O)[C@@H](CC(=O)[C@H](CCNC(=O)OC(C)(C)C)NC(=O)[C@@H](CC(=O)[C@@H](C)CCNC(=O)OC(C)(C)C)C(C)O)CCNC(=O)[C@H](C(C)O)NC(=O)[C@H](CCNC(=O)OC(C)(C)C)CC(=O)[C@H](CCNC(=O)OC(C)(C)C)NC1=O. The number of carbonyl (C=O) groups is 15. The van der Waals surface area contributed by atoms with E-state index in [4.69, 9.17) is 23.7 Å². The molecule has 34 heteroatoms. The Morgan fingerprint density at radius 1 is 0.473 bits per heavy atom. The maximum atomic E-state index is 15.3. The van der Waals surface area contributed by atoms with Crippen LogP contribution in [0.3, 0.4) is 0 Å². The van der Waals surface area contributed by atoms with Gasteiger partial charge in [0.05, 0.1) is 30.2 Å². The summed E-state index contributed by atoms with van der Waals surface area (Å²) in [6.07, 6.45) is -11.9. The van der Waals surface area contributed by atoms with E-state index in [2.05, 4.69) is 63.8 Å². The fraction of sp³-hybridized carbons (Fsp3) is 0.724. The zero-order valence-electron chi connectivity index (χ0n) is 68.0. The van der Waals surface area contributed by atoms with Crippen LogP contribution in [0, 0.1) is 29.6 Å². The summed E-state index contributed by atoms with van der Waals surface area (Å²) < 4.78 is 26.9. The maximum Gasteiger partial charge on any atom is 0.407 e. The zero-order valence-corrected chi connectivity index (χ0v) is 68.0. The number of rotatable bonds is 29. The van der Waals surface area contributed by atoms with Crippen molar-refractivity contribution in [2.45, 2.75) is 286 Å². The maximum absolute atomic E-state index is 15.3. The number of ketones is 3. The Morgan fingerprint density at radius 2 is 0.882 bits per heavy atom. The molecule has 1 saturated heterocycles. The van der Waals surface area contributed by atoms with Gasteiger partial charge in [-0.15, -0.1) is 0 Å². The first kappa shape index (κ1) is 96.9. The number of aliphatic hydroxyl groups is 2. The Kier molecular flexibility index (Phi) is 39.8. The predicted molar refractivity (Wildman–Crippen MR) is 405 cm³/mol. The number of hydrogen-bond acceptors (Lipinski definition) is 22. The third kappa shape index (κ3) is 41.0. The van der Waals surface area contributed by atoms with E-state index in [1.54, 1.807) is 155 Å². The van der Waals surface area contributed by atoms with Crippen LogP contribution in [0.2, 0.25) is 0 Å². The van der Waals surface area contributed by atoms with Crippen LogP contribution in [-0.2, 0) is 78.1 Å². The highest BCUT2D eigenvalue weighted by Crippen LogP contribution is 2.22. The monoisotopic (exact) mass is 1560 g/mol. The van der Waals surface area contributed by atoms with E-state index in [1.807, 2.05) is 0 Å². The summed E-state index contributed by atoms with van der Waals surface area (Å²) in [5.74, 6) is -15.0. The number of Topliss-reactive ketones (excluding diaryl/α,β-unsaturated/α-hetero) is 3. The Balaban J connectivity index is 3.06. The van der Waals surface area contributed by atoms with Gasteiger partial charge in [-0.05, 0) is 174 Å². The molecular weight excluding hydrogens is 1430 g/mol. The van der Waals surface area contributed by atoms with Gasteiger partial charge in [0.15, 0.2) is 11.6 Å². The number of amides is 12. The van der Waals surface area contributed by atoms with Crippen molar-refractivity contribution >= 4 is 89.2 Å². The summed E-state index contributed by atoms with van der Waals surface area (Å²) in [5, 5.41) is 53.5. The minimum absolute atomic E-state index is 0.00835. The number of carbonyl (C=O) groups excluding carboxylic acids is 15. The molecule has 1 aliphatic heterocycles. The molecule has 0 bridgehead atoms. The van der Waals surface area contributed by atoms with Crippen LogP contribution in [0.5, 0.6) is 0 Å². The molecule has 14 N–H and O–H groups in total. The third-order valence-corrected chi connectivity index (χ3v) is 16.4. The molecule has 34 nitrogen and oxygen atoms in total. The number of ether oxygens (including phenoxy) is 5. The summed E-state index contributed by atoms with van der Waals surface area (Å²) in [5.41, 5.74) is -4.19. The molecule has 0 aromatic heterocycles. The number of benzene rings is 1. The van der Waals surface area contributed by atoms with Crippen LogP contribution in [-0.4, -0.2) is 215 Å². The van der Waals surface area contributed by atoms with E-state index < -0.39 is 234 Å². The van der Waals surface area contributed by atoms with Crippen LogP contribution in [0.4, 0.5) is 24.0 Å². The van der Waals surface area contributed by atoms with Crippen molar-refractivity contribution in [1.82, 2.24) is 63.8 Å². The highest BCUT2D eigenvalue weighted by atomic mass is 16.6. The van der Waals surface area contributed by atoms with E-state index in [9.17, 15) is 63.0 Å². The van der Waals surface area contributed by atoms with Gasteiger partial charge in [0.25, 0.3) is 0 Å². The molecule has 0 radical (unpaired) electrons. The second-order valence-corrected chi connectivity index (χ2v) is 33.2. The first-order valence-electron chi connectivity index (χ1n) is 37.6. The van der Waals surface area contributed by atoms with Crippen molar-refractivity contribution < 1.29 is 106 Å². The van der Waals surface area contributed by atoms with Crippen molar-refractivity contribution in [3.8, 4) is 0 Å².